The van der Waals surface area contributed by atoms with E-state index in [1.807, 2.05) is 6.92 Å². The van der Waals surface area contributed by atoms with Crippen LogP contribution >= 0.6 is 11.3 Å². The molecule has 2 atom stereocenters. The van der Waals surface area contributed by atoms with Gasteiger partial charge in [-0.2, -0.15) is 0 Å². The number of amides is 2. The van der Waals surface area contributed by atoms with Crippen molar-refractivity contribution in [2.24, 2.45) is 5.92 Å². The normalized spacial score (nSPS) is 14.2. The van der Waals surface area contributed by atoms with Crippen molar-refractivity contribution in [1.82, 2.24) is 15.5 Å². The van der Waals surface area contributed by atoms with Gasteiger partial charge in [0.05, 0.1) is 6.10 Å². The second-order valence-electron chi connectivity index (χ2n) is 4.27. The first-order valence-corrected chi connectivity index (χ1v) is 6.54. The minimum absolute atomic E-state index is 0.0241. The molecule has 1 aromatic heterocycles. The lowest BCUT2D eigenvalue weighted by atomic mass is 10.1. The summed E-state index contributed by atoms with van der Waals surface area (Å²) in [7, 11) is 0. The van der Waals surface area contributed by atoms with Crippen LogP contribution in [-0.4, -0.2) is 34.0 Å². The largest absolute Gasteiger partial charge is 0.393 e. The maximum absolute atomic E-state index is 12.2. The standard InChI is InChI=1S/C10H16F2N4O2S/c1-5(3-6(2)17)4-13-9(18)14-10-16-15-8(19-10)7(11)12/h5-7,17H,3-4H2,1-2H3,(H2,13,14,16,18)/t5-,6+/m0/s1. The predicted octanol–water partition coefficient (Wildman–Crippen LogP) is 2.00. The summed E-state index contributed by atoms with van der Waals surface area (Å²) in [5.74, 6) is 0.108. The highest BCUT2D eigenvalue weighted by Gasteiger charge is 2.15. The summed E-state index contributed by atoms with van der Waals surface area (Å²) in [6.45, 7) is 3.92. The molecule has 1 aromatic rings. The molecule has 3 N–H and O–H groups in total. The summed E-state index contributed by atoms with van der Waals surface area (Å²) in [5, 5.41) is 20.3. The van der Waals surface area contributed by atoms with Crippen LogP contribution in [0.25, 0.3) is 0 Å². The summed E-state index contributed by atoms with van der Waals surface area (Å²) < 4.78 is 24.5. The lowest BCUT2D eigenvalue weighted by molar-refractivity contribution is 0.150. The van der Waals surface area contributed by atoms with E-state index in [0.29, 0.717) is 24.3 Å². The quantitative estimate of drug-likeness (QED) is 0.749. The number of rotatable bonds is 6. The monoisotopic (exact) mass is 294 g/mol. The molecule has 0 radical (unpaired) electrons. The Bertz CT molecular complexity index is 414. The third-order valence-corrected chi connectivity index (χ3v) is 3.05. The zero-order valence-electron chi connectivity index (χ0n) is 10.6. The Morgan fingerprint density at radius 3 is 2.63 bits per heavy atom. The molecule has 19 heavy (non-hydrogen) atoms. The Morgan fingerprint density at radius 1 is 1.42 bits per heavy atom. The van der Waals surface area contributed by atoms with Crippen LogP contribution in [0, 0.1) is 5.92 Å². The Morgan fingerprint density at radius 2 is 2.11 bits per heavy atom. The van der Waals surface area contributed by atoms with Gasteiger partial charge in [-0.3, -0.25) is 5.32 Å². The molecular weight excluding hydrogens is 278 g/mol. The minimum atomic E-state index is -2.69. The summed E-state index contributed by atoms with van der Waals surface area (Å²) in [6, 6.07) is -0.533. The van der Waals surface area contributed by atoms with E-state index >= 15 is 0 Å². The van der Waals surface area contributed by atoms with Crippen molar-refractivity contribution in [2.75, 3.05) is 11.9 Å². The number of urea groups is 1. The number of anilines is 1. The van der Waals surface area contributed by atoms with Crippen molar-refractivity contribution in [1.29, 1.82) is 0 Å². The molecule has 0 aliphatic carbocycles. The highest BCUT2D eigenvalue weighted by atomic mass is 32.1. The fourth-order valence-corrected chi connectivity index (χ4v) is 2.04. The molecule has 0 unspecified atom stereocenters. The second-order valence-corrected chi connectivity index (χ2v) is 5.28. The van der Waals surface area contributed by atoms with E-state index in [-0.39, 0.29) is 11.0 Å². The molecule has 0 spiro atoms. The van der Waals surface area contributed by atoms with Gasteiger partial charge < -0.3 is 10.4 Å². The van der Waals surface area contributed by atoms with Crippen molar-refractivity contribution in [3.63, 3.8) is 0 Å². The van der Waals surface area contributed by atoms with Crippen LogP contribution in [0.3, 0.4) is 0 Å². The lowest BCUT2D eigenvalue weighted by Gasteiger charge is -2.13. The van der Waals surface area contributed by atoms with Gasteiger partial charge in [0.25, 0.3) is 6.43 Å². The number of aromatic nitrogens is 2. The zero-order valence-corrected chi connectivity index (χ0v) is 11.4. The third-order valence-electron chi connectivity index (χ3n) is 2.20. The number of alkyl halides is 2. The molecule has 0 bridgehead atoms. The van der Waals surface area contributed by atoms with Crippen molar-refractivity contribution in [3.8, 4) is 0 Å². The average Bonchev–Trinajstić information content (AvgIpc) is 2.74. The lowest BCUT2D eigenvalue weighted by Crippen LogP contribution is -2.33. The number of halogens is 2. The Labute approximate surface area is 113 Å². The van der Waals surface area contributed by atoms with Gasteiger partial charge in [-0.15, -0.1) is 10.2 Å². The predicted molar refractivity (Wildman–Crippen MR) is 67.3 cm³/mol. The fraction of sp³-hybridized carbons (Fsp3) is 0.700. The van der Waals surface area contributed by atoms with Crippen molar-refractivity contribution < 1.29 is 18.7 Å². The van der Waals surface area contributed by atoms with Crippen LogP contribution in [0.2, 0.25) is 0 Å². The Balaban J connectivity index is 2.34. The first kappa shape index (κ1) is 15.7. The van der Waals surface area contributed by atoms with Gasteiger partial charge in [0.1, 0.15) is 0 Å². The van der Waals surface area contributed by atoms with E-state index in [2.05, 4.69) is 20.8 Å². The number of nitrogens with one attached hydrogen (secondary N) is 2. The van der Waals surface area contributed by atoms with Gasteiger partial charge in [-0.05, 0) is 19.3 Å². The van der Waals surface area contributed by atoms with Gasteiger partial charge >= 0.3 is 6.03 Å². The highest BCUT2D eigenvalue weighted by molar-refractivity contribution is 7.15. The van der Waals surface area contributed by atoms with Crippen LogP contribution in [0.5, 0.6) is 0 Å². The molecule has 1 heterocycles. The van der Waals surface area contributed by atoms with Gasteiger partial charge in [-0.1, -0.05) is 18.3 Å². The van der Waals surface area contributed by atoms with Crippen molar-refractivity contribution in [3.05, 3.63) is 5.01 Å². The molecule has 0 saturated heterocycles. The van der Waals surface area contributed by atoms with Gasteiger partial charge in [0.2, 0.25) is 5.13 Å². The summed E-state index contributed by atoms with van der Waals surface area (Å²) in [5.41, 5.74) is 0. The molecule has 1 rings (SSSR count). The number of hydrogen-bond donors (Lipinski definition) is 3. The molecule has 0 aliphatic rings. The SMILES string of the molecule is C[C@H](CNC(=O)Nc1nnc(C(F)F)s1)C[C@@H](C)O. The smallest absolute Gasteiger partial charge is 0.321 e. The van der Waals surface area contributed by atoms with Gasteiger partial charge in [-0.25, -0.2) is 13.6 Å². The molecule has 2 amide bonds. The number of hydrogen-bond acceptors (Lipinski definition) is 5. The fourth-order valence-electron chi connectivity index (χ4n) is 1.45. The van der Waals surface area contributed by atoms with E-state index in [1.54, 1.807) is 6.92 Å². The molecule has 6 nitrogen and oxygen atoms in total. The molecular formula is C10H16F2N4O2S. The highest BCUT2D eigenvalue weighted by Crippen LogP contribution is 2.24. The van der Waals surface area contributed by atoms with E-state index in [9.17, 15) is 13.6 Å². The molecule has 0 fully saturated rings. The number of carbonyl (C=O) groups is 1. The van der Waals surface area contributed by atoms with Crippen molar-refractivity contribution in [2.45, 2.75) is 32.8 Å². The molecule has 9 heteroatoms. The van der Waals surface area contributed by atoms with E-state index in [1.165, 1.54) is 0 Å². The zero-order chi connectivity index (χ0) is 14.4. The molecule has 0 aliphatic heterocycles. The van der Waals surface area contributed by atoms with Crippen LogP contribution < -0.4 is 10.6 Å². The number of aliphatic hydroxyl groups is 1. The Kier molecular flexibility index (Phi) is 6.03. The van der Waals surface area contributed by atoms with Crippen molar-refractivity contribution >= 4 is 22.5 Å². The maximum atomic E-state index is 12.2. The topological polar surface area (TPSA) is 87.1 Å². The molecule has 108 valence electrons. The molecule has 0 aromatic carbocycles. The van der Waals surface area contributed by atoms with Crippen LogP contribution in [0.15, 0.2) is 0 Å². The van der Waals surface area contributed by atoms with E-state index in [4.69, 9.17) is 5.11 Å². The van der Waals surface area contributed by atoms with Gasteiger partial charge in [0, 0.05) is 6.54 Å². The first-order chi connectivity index (χ1) is 8.88. The van der Waals surface area contributed by atoms with Crippen LogP contribution in [0.1, 0.15) is 31.7 Å². The van der Waals surface area contributed by atoms with Crippen LogP contribution in [-0.2, 0) is 0 Å². The summed E-state index contributed by atoms with van der Waals surface area (Å²) >= 11 is 0.630. The van der Waals surface area contributed by atoms with E-state index < -0.39 is 23.6 Å². The summed E-state index contributed by atoms with van der Waals surface area (Å²) in [6.07, 6.45) is -2.56. The maximum Gasteiger partial charge on any atom is 0.321 e. The van der Waals surface area contributed by atoms with Gasteiger partial charge in [0.15, 0.2) is 5.01 Å². The third kappa shape index (κ3) is 5.88. The molecule has 0 saturated carbocycles. The number of aliphatic hydroxyl groups excluding tert-OH is 1. The first-order valence-electron chi connectivity index (χ1n) is 5.73. The average molecular weight is 294 g/mol. The summed E-state index contributed by atoms with van der Waals surface area (Å²) in [4.78, 5) is 11.4. The minimum Gasteiger partial charge on any atom is -0.393 e. The second kappa shape index (κ2) is 7.29. The number of carbonyl (C=O) groups excluding carboxylic acids is 1. The van der Waals surface area contributed by atoms with Crippen LogP contribution in [0.4, 0.5) is 18.7 Å². The Hall–Kier alpha value is -1.35. The van der Waals surface area contributed by atoms with E-state index in [0.717, 1.165) is 0 Å². The number of nitrogens with zero attached hydrogens (tertiary/aromatic N) is 2.